The van der Waals surface area contributed by atoms with Gasteiger partial charge in [-0.15, -0.1) is 0 Å². The lowest BCUT2D eigenvalue weighted by atomic mass is 10.1. The topological polar surface area (TPSA) is 38.9 Å². The van der Waals surface area contributed by atoms with E-state index in [9.17, 15) is 13.2 Å². The van der Waals surface area contributed by atoms with Gasteiger partial charge in [-0.3, -0.25) is 4.98 Å². The highest BCUT2D eigenvalue weighted by atomic mass is 19.2. The molecule has 5 heteroatoms. The molecule has 0 radical (unpaired) electrons. The number of hydrogen-bond acceptors (Lipinski definition) is 2. The van der Waals surface area contributed by atoms with Crippen LogP contribution in [-0.2, 0) is 0 Å². The highest BCUT2D eigenvalue weighted by molar-refractivity contribution is 5.72. The van der Waals surface area contributed by atoms with Gasteiger partial charge in [0.05, 0.1) is 17.6 Å². The van der Waals surface area contributed by atoms with E-state index in [1.165, 1.54) is 12.1 Å². The first-order chi connectivity index (χ1) is 7.59. The molecule has 0 aliphatic carbocycles. The third-order valence-electron chi connectivity index (χ3n) is 2.09. The number of nitrogens with two attached hydrogens (primary N) is 1. The second kappa shape index (κ2) is 3.84. The van der Waals surface area contributed by atoms with Gasteiger partial charge in [0.15, 0.2) is 11.6 Å². The Bertz CT molecular complexity index is 541. The maximum Gasteiger partial charge on any atom is 0.168 e. The molecule has 2 aromatic rings. The van der Waals surface area contributed by atoms with Gasteiger partial charge in [0.25, 0.3) is 0 Å². The van der Waals surface area contributed by atoms with Gasteiger partial charge < -0.3 is 5.73 Å². The number of rotatable bonds is 1. The molecule has 1 aromatic carbocycles. The molecule has 0 aliphatic heterocycles. The van der Waals surface area contributed by atoms with Crippen LogP contribution in [0.15, 0.2) is 30.5 Å². The van der Waals surface area contributed by atoms with Gasteiger partial charge in [-0.05, 0) is 12.1 Å². The van der Waals surface area contributed by atoms with Crippen molar-refractivity contribution in [2.24, 2.45) is 0 Å². The molecule has 1 heterocycles. The summed E-state index contributed by atoms with van der Waals surface area (Å²) in [5.41, 5.74) is 5.38. The van der Waals surface area contributed by atoms with Crippen LogP contribution < -0.4 is 5.73 Å². The van der Waals surface area contributed by atoms with Crippen molar-refractivity contribution in [3.8, 4) is 11.3 Å². The Kier molecular flexibility index (Phi) is 2.52. The molecule has 0 atom stereocenters. The first kappa shape index (κ1) is 10.5. The molecule has 0 amide bonds. The summed E-state index contributed by atoms with van der Waals surface area (Å²) in [6, 6.07) is 4.65. The Hall–Kier alpha value is -2.04. The van der Waals surface area contributed by atoms with Gasteiger partial charge in [0, 0.05) is 11.6 Å². The van der Waals surface area contributed by atoms with Crippen LogP contribution in [0.1, 0.15) is 0 Å². The fraction of sp³-hybridized carbons (Fsp3) is 0. The molecule has 2 rings (SSSR count). The second-order valence-electron chi connectivity index (χ2n) is 3.19. The number of benzene rings is 1. The zero-order valence-electron chi connectivity index (χ0n) is 8.05. The van der Waals surface area contributed by atoms with Gasteiger partial charge in [0.1, 0.15) is 5.82 Å². The average Bonchev–Trinajstić information content (AvgIpc) is 2.23. The van der Waals surface area contributed by atoms with Crippen molar-refractivity contribution in [2.75, 3.05) is 5.73 Å². The minimum absolute atomic E-state index is 0.0263. The monoisotopic (exact) mass is 224 g/mol. The lowest BCUT2D eigenvalue weighted by Gasteiger charge is -2.06. The van der Waals surface area contributed by atoms with Crippen LogP contribution in [0.25, 0.3) is 11.3 Å². The molecule has 16 heavy (non-hydrogen) atoms. The third kappa shape index (κ3) is 1.71. The van der Waals surface area contributed by atoms with Crippen molar-refractivity contribution in [3.05, 3.63) is 47.9 Å². The highest BCUT2D eigenvalue weighted by Crippen LogP contribution is 2.27. The highest BCUT2D eigenvalue weighted by Gasteiger charge is 2.13. The molecule has 1 aromatic heterocycles. The summed E-state index contributed by atoms with van der Waals surface area (Å²) in [4.78, 5) is 3.64. The summed E-state index contributed by atoms with van der Waals surface area (Å²) < 4.78 is 39.1. The molecule has 0 fully saturated rings. The summed E-state index contributed by atoms with van der Waals surface area (Å²) in [6.07, 6.45) is 0.899. The number of hydrogen-bond donors (Lipinski definition) is 1. The maximum atomic E-state index is 13.4. The standard InChI is InChI=1S/C11H7F3N2/c12-6-4-9(15)11(16-5-6)7-2-1-3-8(13)10(7)14/h1-5H,15H2. The molecule has 82 valence electrons. The van der Waals surface area contributed by atoms with E-state index in [1.54, 1.807) is 0 Å². The Balaban J connectivity index is 2.63. The molecular weight excluding hydrogens is 217 g/mol. The first-order valence-electron chi connectivity index (χ1n) is 4.45. The van der Waals surface area contributed by atoms with Crippen LogP contribution in [0.3, 0.4) is 0 Å². The van der Waals surface area contributed by atoms with Crippen molar-refractivity contribution >= 4 is 5.69 Å². The second-order valence-corrected chi connectivity index (χ2v) is 3.19. The summed E-state index contributed by atoms with van der Waals surface area (Å²) in [7, 11) is 0. The Morgan fingerprint density at radius 1 is 1.12 bits per heavy atom. The van der Waals surface area contributed by atoms with Gasteiger partial charge in [0.2, 0.25) is 0 Å². The minimum Gasteiger partial charge on any atom is -0.397 e. The van der Waals surface area contributed by atoms with E-state index in [-0.39, 0.29) is 16.9 Å². The predicted octanol–water partition coefficient (Wildman–Crippen LogP) is 2.75. The molecule has 2 N–H and O–H groups in total. The lowest BCUT2D eigenvalue weighted by Crippen LogP contribution is -1.98. The van der Waals surface area contributed by atoms with E-state index in [0.29, 0.717) is 0 Å². The summed E-state index contributed by atoms with van der Waals surface area (Å²) in [5.74, 6) is -2.67. The Labute approximate surface area is 89.5 Å². The van der Waals surface area contributed by atoms with Crippen LogP contribution >= 0.6 is 0 Å². The smallest absolute Gasteiger partial charge is 0.168 e. The minimum atomic E-state index is -1.05. The molecular formula is C11H7F3N2. The maximum absolute atomic E-state index is 13.4. The van der Waals surface area contributed by atoms with Crippen LogP contribution in [0.4, 0.5) is 18.9 Å². The number of halogens is 3. The third-order valence-corrected chi connectivity index (χ3v) is 2.09. The Morgan fingerprint density at radius 2 is 1.88 bits per heavy atom. The largest absolute Gasteiger partial charge is 0.397 e. The molecule has 0 saturated carbocycles. The Morgan fingerprint density at radius 3 is 2.56 bits per heavy atom. The van der Waals surface area contributed by atoms with Gasteiger partial charge in [-0.1, -0.05) is 6.07 Å². The average molecular weight is 224 g/mol. The predicted molar refractivity (Wildman–Crippen MR) is 54.0 cm³/mol. The summed E-state index contributed by atoms with van der Waals surface area (Å²) in [5, 5.41) is 0. The SMILES string of the molecule is Nc1cc(F)cnc1-c1cccc(F)c1F. The van der Waals surface area contributed by atoms with Crippen LogP contribution in [0.2, 0.25) is 0 Å². The van der Waals surface area contributed by atoms with E-state index in [4.69, 9.17) is 5.73 Å². The molecule has 0 unspecified atom stereocenters. The quantitative estimate of drug-likeness (QED) is 0.808. The van der Waals surface area contributed by atoms with E-state index < -0.39 is 17.5 Å². The molecule has 0 aliphatic rings. The van der Waals surface area contributed by atoms with Crippen molar-refractivity contribution in [2.45, 2.75) is 0 Å². The van der Waals surface area contributed by atoms with Gasteiger partial charge in [-0.2, -0.15) is 0 Å². The number of nitrogen functional groups attached to an aromatic ring is 1. The lowest BCUT2D eigenvalue weighted by molar-refractivity contribution is 0.511. The number of aromatic nitrogens is 1. The van der Waals surface area contributed by atoms with Crippen LogP contribution in [0, 0.1) is 17.5 Å². The van der Waals surface area contributed by atoms with E-state index in [1.807, 2.05) is 0 Å². The van der Waals surface area contributed by atoms with Gasteiger partial charge >= 0.3 is 0 Å². The first-order valence-corrected chi connectivity index (χ1v) is 4.45. The summed E-state index contributed by atoms with van der Waals surface area (Å²) in [6.45, 7) is 0. The van der Waals surface area contributed by atoms with Crippen molar-refractivity contribution < 1.29 is 13.2 Å². The van der Waals surface area contributed by atoms with Crippen molar-refractivity contribution in [1.82, 2.24) is 4.98 Å². The van der Waals surface area contributed by atoms with Crippen molar-refractivity contribution in [3.63, 3.8) is 0 Å². The number of pyridine rings is 1. The van der Waals surface area contributed by atoms with Gasteiger partial charge in [-0.25, -0.2) is 13.2 Å². The molecule has 0 spiro atoms. The summed E-state index contributed by atoms with van der Waals surface area (Å²) >= 11 is 0. The van der Waals surface area contributed by atoms with E-state index in [2.05, 4.69) is 4.98 Å². The van der Waals surface area contributed by atoms with Crippen molar-refractivity contribution in [1.29, 1.82) is 0 Å². The zero-order valence-corrected chi connectivity index (χ0v) is 8.05. The molecule has 2 nitrogen and oxygen atoms in total. The zero-order chi connectivity index (χ0) is 11.7. The van der Waals surface area contributed by atoms with E-state index in [0.717, 1.165) is 18.3 Å². The fourth-order valence-corrected chi connectivity index (χ4v) is 1.37. The number of anilines is 1. The number of nitrogens with zero attached hydrogens (tertiary/aromatic N) is 1. The van der Waals surface area contributed by atoms with Crippen LogP contribution in [0.5, 0.6) is 0 Å². The molecule has 0 bridgehead atoms. The van der Waals surface area contributed by atoms with Crippen LogP contribution in [-0.4, -0.2) is 4.98 Å². The molecule has 0 saturated heterocycles. The normalized spacial score (nSPS) is 10.4. The fourth-order valence-electron chi connectivity index (χ4n) is 1.37. The van der Waals surface area contributed by atoms with E-state index >= 15 is 0 Å².